The Hall–Kier alpha value is -2.79. The molecule has 1 saturated heterocycles. The molecule has 1 aliphatic heterocycles. The molecule has 2 aromatic rings. The highest BCUT2D eigenvalue weighted by Crippen LogP contribution is 2.28. The van der Waals surface area contributed by atoms with Crippen LogP contribution in [0.1, 0.15) is 23.8 Å². The van der Waals surface area contributed by atoms with E-state index < -0.39 is 18.4 Å². The molecule has 128 valence electrons. The van der Waals surface area contributed by atoms with E-state index in [0.29, 0.717) is 19.6 Å². The molecule has 0 spiro atoms. The molecule has 0 saturated carbocycles. The summed E-state index contributed by atoms with van der Waals surface area (Å²) in [5, 5.41) is 0. The summed E-state index contributed by atoms with van der Waals surface area (Å²) in [7, 11) is 0. The van der Waals surface area contributed by atoms with Crippen LogP contribution in [0.4, 0.5) is 0 Å². The molecule has 0 aromatic heterocycles. The molecule has 25 heavy (non-hydrogen) atoms. The fraction of sp³-hybridized carbons (Fsp3) is 0.263. The molecule has 1 fully saturated rings. The lowest BCUT2D eigenvalue weighted by Gasteiger charge is -2.36. The maximum atomic E-state index is 12.4. The van der Waals surface area contributed by atoms with Gasteiger partial charge in [-0.1, -0.05) is 60.7 Å². The monoisotopic (exact) mass is 337 g/mol. The second kappa shape index (κ2) is 8.35. The topological polar surface area (TPSA) is 75.2 Å². The number of hydrogen-bond acceptors (Lipinski definition) is 3. The molecular formula is C19H19N3O3. The molecule has 1 heterocycles. The van der Waals surface area contributed by atoms with Crippen LogP contribution in [0.5, 0.6) is 0 Å². The van der Waals surface area contributed by atoms with Crippen LogP contribution in [0.15, 0.2) is 60.7 Å². The third-order valence-corrected chi connectivity index (χ3v) is 3.98. The normalized spacial score (nSPS) is 19.7. The minimum absolute atomic E-state index is 0.359. The maximum Gasteiger partial charge on any atom is 0.344 e. The largest absolute Gasteiger partial charge is 0.361 e. The van der Waals surface area contributed by atoms with Crippen molar-refractivity contribution in [2.45, 2.75) is 25.5 Å². The Morgan fingerprint density at radius 3 is 2.52 bits per heavy atom. The average Bonchev–Trinajstić information content (AvgIpc) is 2.68. The molecule has 0 N–H and O–H groups in total. The molecule has 6 nitrogen and oxygen atoms in total. The highest BCUT2D eigenvalue weighted by Gasteiger charge is 2.32. The van der Waals surface area contributed by atoms with Crippen LogP contribution < -0.4 is 0 Å². The highest BCUT2D eigenvalue weighted by atomic mass is 16.7. The third-order valence-electron chi connectivity index (χ3n) is 3.98. The van der Waals surface area contributed by atoms with Crippen LogP contribution in [0.25, 0.3) is 5.53 Å². The first-order valence-electron chi connectivity index (χ1n) is 8.12. The SMILES string of the molecule is [N-]=[N+]=CC(=O)N(Cc1ccccc1)[C@@H]1CCO[C@@H](c2ccccc2)O1. The van der Waals surface area contributed by atoms with E-state index in [1.807, 2.05) is 60.7 Å². The van der Waals surface area contributed by atoms with E-state index in [1.54, 1.807) is 4.90 Å². The summed E-state index contributed by atoms with van der Waals surface area (Å²) in [5.41, 5.74) is 10.6. The van der Waals surface area contributed by atoms with Crippen LogP contribution >= 0.6 is 0 Å². The van der Waals surface area contributed by atoms with Crippen molar-refractivity contribution in [3.8, 4) is 0 Å². The van der Waals surface area contributed by atoms with Crippen molar-refractivity contribution in [3.63, 3.8) is 0 Å². The first-order valence-corrected chi connectivity index (χ1v) is 8.12. The van der Waals surface area contributed by atoms with Crippen molar-refractivity contribution in [1.29, 1.82) is 0 Å². The molecule has 3 rings (SSSR count). The Kier molecular flexibility index (Phi) is 5.69. The number of ether oxygens (including phenoxy) is 2. The van der Waals surface area contributed by atoms with Gasteiger partial charge in [-0.15, -0.1) is 0 Å². The molecule has 2 atom stereocenters. The van der Waals surface area contributed by atoms with Crippen LogP contribution in [-0.2, 0) is 20.8 Å². The number of amides is 1. The van der Waals surface area contributed by atoms with Gasteiger partial charge < -0.3 is 19.9 Å². The zero-order valence-corrected chi connectivity index (χ0v) is 13.7. The van der Waals surface area contributed by atoms with E-state index in [4.69, 9.17) is 15.0 Å². The second-order valence-corrected chi connectivity index (χ2v) is 5.69. The van der Waals surface area contributed by atoms with E-state index in [-0.39, 0.29) is 0 Å². The van der Waals surface area contributed by atoms with Gasteiger partial charge in [0.25, 0.3) is 0 Å². The standard InChI is InChI=1S/C19H19N3O3/c20-21-13-17(23)22(14-15-7-3-1-4-8-15)18-11-12-24-19(25-18)16-9-5-2-6-10-16/h1-10,13,18-19H,11-12,14H2/t18-,19+/m0/s1. The quantitative estimate of drug-likeness (QED) is 0.478. The van der Waals surface area contributed by atoms with Gasteiger partial charge >= 0.3 is 12.1 Å². The molecule has 2 aromatic carbocycles. The zero-order chi connectivity index (χ0) is 17.5. The molecular weight excluding hydrogens is 318 g/mol. The van der Waals surface area contributed by atoms with E-state index in [2.05, 4.69) is 4.79 Å². The van der Waals surface area contributed by atoms with Gasteiger partial charge in [0.15, 0.2) is 6.29 Å². The van der Waals surface area contributed by atoms with Crippen LogP contribution in [-0.4, -0.2) is 34.6 Å². The van der Waals surface area contributed by atoms with Crippen molar-refractivity contribution >= 4 is 12.1 Å². The highest BCUT2D eigenvalue weighted by molar-refractivity contribution is 6.23. The van der Waals surface area contributed by atoms with E-state index in [0.717, 1.165) is 17.3 Å². The molecule has 1 amide bonds. The summed E-state index contributed by atoms with van der Waals surface area (Å²) in [6.45, 7) is 0.830. The summed E-state index contributed by atoms with van der Waals surface area (Å²) >= 11 is 0. The summed E-state index contributed by atoms with van der Waals surface area (Å²) in [6.07, 6.45) is 0.433. The summed E-state index contributed by atoms with van der Waals surface area (Å²) in [5.74, 6) is -0.412. The van der Waals surface area contributed by atoms with Gasteiger partial charge in [0, 0.05) is 18.5 Å². The third kappa shape index (κ3) is 4.39. The van der Waals surface area contributed by atoms with E-state index in [1.165, 1.54) is 0 Å². The van der Waals surface area contributed by atoms with Gasteiger partial charge in [-0.05, 0) is 5.56 Å². The fourth-order valence-corrected chi connectivity index (χ4v) is 2.77. The molecule has 1 aliphatic rings. The van der Waals surface area contributed by atoms with Crippen molar-refractivity contribution in [2.24, 2.45) is 0 Å². The first-order chi connectivity index (χ1) is 12.3. The Labute approximate surface area is 146 Å². The van der Waals surface area contributed by atoms with Crippen molar-refractivity contribution in [3.05, 3.63) is 77.3 Å². The smallest absolute Gasteiger partial charge is 0.344 e. The molecule has 0 unspecified atom stereocenters. The van der Waals surface area contributed by atoms with Crippen LogP contribution in [0.3, 0.4) is 0 Å². The Morgan fingerprint density at radius 2 is 1.84 bits per heavy atom. The first kappa shape index (κ1) is 17.0. The predicted octanol–water partition coefficient (Wildman–Crippen LogP) is 2.78. The van der Waals surface area contributed by atoms with Gasteiger partial charge in [-0.2, -0.15) is 4.79 Å². The number of benzene rings is 2. The molecule has 0 bridgehead atoms. The lowest BCUT2D eigenvalue weighted by molar-refractivity contribution is -0.251. The van der Waals surface area contributed by atoms with Gasteiger partial charge in [0.05, 0.1) is 6.61 Å². The summed E-state index contributed by atoms with van der Waals surface area (Å²) in [6, 6.07) is 19.2. The Balaban J connectivity index is 1.79. The molecule has 0 aliphatic carbocycles. The fourth-order valence-electron chi connectivity index (χ4n) is 2.77. The lowest BCUT2D eigenvalue weighted by atomic mass is 10.1. The van der Waals surface area contributed by atoms with Gasteiger partial charge in [-0.25, -0.2) is 0 Å². The van der Waals surface area contributed by atoms with Gasteiger partial charge in [0.2, 0.25) is 0 Å². The van der Waals surface area contributed by atoms with Crippen LogP contribution in [0.2, 0.25) is 0 Å². The minimum Gasteiger partial charge on any atom is -0.361 e. The minimum atomic E-state index is -0.530. The molecule has 0 radical (unpaired) electrons. The number of carbonyl (C=O) groups is 1. The van der Waals surface area contributed by atoms with Crippen LogP contribution in [0, 0.1) is 0 Å². The number of nitrogens with zero attached hydrogens (tertiary/aromatic N) is 3. The zero-order valence-electron chi connectivity index (χ0n) is 13.7. The second-order valence-electron chi connectivity index (χ2n) is 5.69. The van der Waals surface area contributed by atoms with E-state index in [9.17, 15) is 4.79 Å². The van der Waals surface area contributed by atoms with Crippen molar-refractivity contribution < 1.29 is 19.1 Å². The Morgan fingerprint density at radius 1 is 1.16 bits per heavy atom. The van der Waals surface area contributed by atoms with Crippen molar-refractivity contribution in [1.82, 2.24) is 4.90 Å². The number of hydrogen-bond donors (Lipinski definition) is 0. The summed E-state index contributed by atoms with van der Waals surface area (Å²) in [4.78, 5) is 16.8. The average molecular weight is 337 g/mol. The van der Waals surface area contributed by atoms with Gasteiger partial charge in [-0.3, -0.25) is 4.79 Å². The predicted molar refractivity (Wildman–Crippen MR) is 91.3 cm³/mol. The lowest BCUT2D eigenvalue weighted by Crippen LogP contribution is -2.45. The number of carbonyl (C=O) groups excluding carboxylic acids is 1. The maximum absolute atomic E-state index is 12.4. The van der Waals surface area contributed by atoms with Crippen molar-refractivity contribution in [2.75, 3.05) is 6.61 Å². The molecule has 6 heteroatoms. The number of rotatable bonds is 5. The van der Waals surface area contributed by atoms with Gasteiger partial charge in [0.1, 0.15) is 6.23 Å². The Bertz CT molecular complexity index is 745. The summed E-state index contributed by atoms with van der Waals surface area (Å²) < 4.78 is 11.7. The van der Waals surface area contributed by atoms with E-state index >= 15 is 0 Å².